The van der Waals surface area contributed by atoms with E-state index in [0.29, 0.717) is 36.6 Å². The van der Waals surface area contributed by atoms with Crippen LogP contribution in [0.2, 0.25) is 5.02 Å². The molecule has 2 N–H and O–H groups in total. The zero-order valence-corrected chi connectivity index (χ0v) is 16.1. The van der Waals surface area contributed by atoms with Crippen LogP contribution in [-0.4, -0.2) is 47.4 Å². The maximum absolute atomic E-state index is 14.1. The van der Waals surface area contributed by atoms with Crippen molar-refractivity contribution in [3.63, 3.8) is 0 Å². The first-order chi connectivity index (χ1) is 13.5. The Morgan fingerprint density at radius 2 is 2.18 bits per heavy atom. The maximum atomic E-state index is 14.1. The zero-order chi connectivity index (χ0) is 19.9. The van der Waals surface area contributed by atoms with Crippen molar-refractivity contribution in [1.82, 2.24) is 20.5 Å². The number of nitrogens with one attached hydrogen (secondary N) is 2. The van der Waals surface area contributed by atoms with Gasteiger partial charge in [0.25, 0.3) is 0 Å². The number of rotatable bonds is 7. The SMILES string of the molecule is O=C(C[C@H]1C(=O)NCCN1Cc1c(F)cccc1Cl)NCCc1ccccn1. The highest BCUT2D eigenvalue weighted by atomic mass is 35.5. The first-order valence-electron chi connectivity index (χ1n) is 9.16. The molecule has 1 atom stereocenters. The molecule has 1 aliphatic rings. The van der Waals surface area contributed by atoms with E-state index in [1.807, 2.05) is 18.2 Å². The molecule has 6 nitrogen and oxygen atoms in total. The topological polar surface area (TPSA) is 74.3 Å². The minimum absolute atomic E-state index is 0.000122. The molecule has 0 aliphatic carbocycles. The lowest BCUT2D eigenvalue weighted by Gasteiger charge is -2.35. The molecule has 3 rings (SSSR count). The molecule has 2 heterocycles. The molecule has 28 heavy (non-hydrogen) atoms. The molecule has 2 aromatic rings. The monoisotopic (exact) mass is 404 g/mol. The van der Waals surface area contributed by atoms with Gasteiger partial charge in [0.2, 0.25) is 11.8 Å². The van der Waals surface area contributed by atoms with Crippen LogP contribution in [0, 0.1) is 5.82 Å². The summed E-state index contributed by atoms with van der Waals surface area (Å²) in [5, 5.41) is 5.90. The fraction of sp³-hybridized carbons (Fsp3) is 0.350. The van der Waals surface area contributed by atoms with Crippen LogP contribution in [0.5, 0.6) is 0 Å². The van der Waals surface area contributed by atoms with Crippen LogP contribution in [0.4, 0.5) is 4.39 Å². The van der Waals surface area contributed by atoms with Crippen LogP contribution in [0.3, 0.4) is 0 Å². The van der Waals surface area contributed by atoms with Gasteiger partial charge in [0.05, 0.1) is 12.5 Å². The van der Waals surface area contributed by atoms with E-state index in [4.69, 9.17) is 11.6 Å². The second kappa shape index (κ2) is 9.61. The Labute approximate surface area is 168 Å². The number of hydrogen-bond donors (Lipinski definition) is 2. The minimum atomic E-state index is -0.667. The van der Waals surface area contributed by atoms with Gasteiger partial charge in [0, 0.05) is 55.1 Å². The molecule has 2 amide bonds. The normalized spacial score (nSPS) is 17.2. The number of amides is 2. The predicted octanol–water partition coefficient (Wildman–Crippen LogP) is 1.92. The van der Waals surface area contributed by atoms with Crippen molar-refractivity contribution in [3.8, 4) is 0 Å². The quantitative estimate of drug-likeness (QED) is 0.739. The van der Waals surface area contributed by atoms with Crippen molar-refractivity contribution >= 4 is 23.4 Å². The van der Waals surface area contributed by atoms with E-state index in [-0.39, 0.29) is 24.8 Å². The molecule has 1 aliphatic heterocycles. The van der Waals surface area contributed by atoms with Crippen LogP contribution in [0.25, 0.3) is 0 Å². The average molecular weight is 405 g/mol. The number of pyridine rings is 1. The van der Waals surface area contributed by atoms with Gasteiger partial charge in [-0.2, -0.15) is 0 Å². The molecule has 0 radical (unpaired) electrons. The van der Waals surface area contributed by atoms with Crippen molar-refractivity contribution < 1.29 is 14.0 Å². The summed E-state index contributed by atoms with van der Waals surface area (Å²) in [6.45, 7) is 1.57. The van der Waals surface area contributed by atoms with Gasteiger partial charge in [-0.1, -0.05) is 23.7 Å². The van der Waals surface area contributed by atoms with E-state index >= 15 is 0 Å². The first-order valence-corrected chi connectivity index (χ1v) is 9.53. The minimum Gasteiger partial charge on any atom is -0.356 e. The summed E-state index contributed by atoms with van der Waals surface area (Å²) in [4.78, 5) is 30.7. The van der Waals surface area contributed by atoms with E-state index in [1.54, 1.807) is 17.2 Å². The highest BCUT2D eigenvalue weighted by Crippen LogP contribution is 2.23. The molecule has 0 saturated carbocycles. The largest absolute Gasteiger partial charge is 0.356 e. The number of carbonyl (C=O) groups excluding carboxylic acids is 2. The highest BCUT2D eigenvalue weighted by molar-refractivity contribution is 6.31. The lowest BCUT2D eigenvalue weighted by atomic mass is 10.1. The smallest absolute Gasteiger partial charge is 0.237 e. The lowest BCUT2D eigenvalue weighted by molar-refractivity contribution is -0.134. The molecule has 1 aromatic carbocycles. The Morgan fingerprint density at radius 1 is 1.32 bits per heavy atom. The van der Waals surface area contributed by atoms with Crippen LogP contribution < -0.4 is 10.6 Å². The van der Waals surface area contributed by atoms with Gasteiger partial charge in [-0.05, 0) is 24.3 Å². The van der Waals surface area contributed by atoms with Crippen molar-refractivity contribution in [3.05, 3.63) is 64.7 Å². The molecular formula is C20H22ClFN4O2. The predicted molar refractivity (Wildman–Crippen MR) is 104 cm³/mol. The van der Waals surface area contributed by atoms with Crippen molar-refractivity contribution in [2.45, 2.75) is 25.4 Å². The Hall–Kier alpha value is -2.51. The molecule has 0 unspecified atom stereocenters. The third-order valence-corrected chi connectivity index (χ3v) is 5.03. The summed E-state index contributed by atoms with van der Waals surface area (Å²) >= 11 is 6.11. The molecule has 1 fully saturated rings. The Bertz CT molecular complexity index is 814. The Kier molecular flexibility index (Phi) is 6.95. The molecular weight excluding hydrogens is 383 g/mol. The van der Waals surface area contributed by atoms with Crippen LogP contribution >= 0.6 is 11.6 Å². The summed E-state index contributed by atoms with van der Waals surface area (Å²) in [6, 6.07) is 9.44. The second-order valence-corrected chi connectivity index (χ2v) is 7.01. The summed E-state index contributed by atoms with van der Waals surface area (Å²) in [6.07, 6.45) is 2.31. The number of aromatic nitrogens is 1. The molecule has 1 aromatic heterocycles. The Balaban J connectivity index is 1.59. The summed E-state index contributed by atoms with van der Waals surface area (Å²) in [7, 11) is 0. The van der Waals surface area contributed by atoms with Gasteiger partial charge < -0.3 is 10.6 Å². The summed E-state index contributed by atoms with van der Waals surface area (Å²) < 4.78 is 14.1. The highest BCUT2D eigenvalue weighted by Gasteiger charge is 2.32. The van der Waals surface area contributed by atoms with Crippen LogP contribution in [-0.2, 0) is 22.6 Å². The van der Waals surface area contributed by atoms with E-state index in [0.717, 1.165) is 5.69 Å². The molecule has 1 saturated heterocycles. The van der Waals surface area contributed by atoms with E-state index in [2.05, 4.69) is 15.6 Å². The number of hydrogen-bond acceptors (Lipinski definition) is 4. The average Bonchev–Trinajstić information content (AvgIpc) is 2.68. The lowest BCUT2D eigenvalue weighted by Crippen LogP contribution is -2.56. The van der Waals surface area contributed by atoms with Crippen molar-refractivity contribution in [1.29, 1.82) is 0 Å². The van der Waals surface area contributed by atoms with Gasteiger partial charge in [0.1, 0.15) is 5.82 Å². The van der Waals surface area contributed by atoms with E-state index < -0.39 is 11.9 Å². The van der Waals surface area contributed by atoms with Gasteiger partial charge in [0.15, 0.2) is 0 Å². The number of halogens is 2. The molecule has 0 spiro atoms. The summed E-state index contributed by atoms with van der Waals surface area (Å²) in [5.41, 5.74) is 1.22. The summed E-state index contributed by atoms with van der Waals surface area (Å²) in [5.74, 6) is -0.891. The molecule has 0 bridgehead atoms. The van der Waals surface area contributed by atoms with Gasteiger partial charge in [-0.25, -0.2) is 4.39 Å². The van der Waals surface area contributed by atoms with Crippen molar-refractivity contribution in [2.75, 3.05) is 19.6 Å². The number of nitrogens with zero attached hydrogens (tertiary/aromatic N) is 2. The van der Waals surface area contributed by atoms with Crippen LogP contribution in [0.15, 0.2) is 42.6 Å². The third kappa shape index (κ3) is 5.27. The fourth-order valence-corrected chi connectivity index (χ4v) is 3.41. The first kappa shape index (κ1) is 20.2. The van der Waals surface area contributed by atoms with Gasteiger partial charge in [-0.15, -0.1) is 0 Å². The zero-order valence-electron chi connectivity index (χ0n) is 15.3. The molecule has 148 valence electrons. The Morgan fingerprint density at radius 3 is 2.93 bits per heavy atom. The number of carbonyl (C=O) groups is 2. The second-order valence-electron chi connectivity index (χ2n) is 6.60. The van der Waals surface area contributed by atoms with Gasteiger partial charge >= 0.3 is 0 Å². The van der Waals surface area contributed by atoms with E-state index in [9.17, 15) is 14.0 Å². The van der Waals surface area contributed by atoms with Gasteiger partial charge in [-0.3, -0.25) is 19.5 Å². The van der Waals surface area contributed by atoms with E-state index in [1.165, 1.54) is 12.1 Å². The number of benzene rings is 1. The van der Waals surface area contributed by atoms with Crippen LogP contribution in [0.1, 0.15) is 17.7 Å². The fourth-order valence-electron chi connectivity index (χ4n) is 3.18. The van der Waals surface area contributed by atoms with Crippen molar-refractivity contribution in [2.24, 2.45) is 0 Å². The third-order valence-electron chi connectivity index (χ3n) is 4.67. The molecule has 8 heteroatoms. The number of piperazine rings is 1. The standard InChI is InChI=1S/C20H22ClFN4O2/c21-16-5-3-6-17(22)15(16)13-26-11-10-25-20(28)18(26)12-19(27)24-9-7-14-4-1-2-8-23-14/h1-6,8,18H,7,9-13H2,(H,24,27)(H,25,28)/t18-/m0/s1. The maximum Gasteiger partial charge on any atom is 0.237 e.